The molecule has 0 fully saturated rings. The van der Waals surface area contributed by atoms with Gasteiger partial charge in [0.05, 0.1) is 0 Å². The standard InChI is InChI=1S/C74H134O6/c1-4-7-10-13-16-19-21-23-25-27-29-31-33-35-36-37-38-40-41-43-45-47-49-51-53-55-58-61-64-67-73(76)79-70-71(69-78-72(75)66-63-60-57-18-15-12-9-6-3)80-74(77)68-65-62-59-56-54-52-50-48-46-44-42-39-34-32-30-28-26-24-22-20-17-14-11-8-5-2/h8,11,17,20,24,26,30,32,39,42,71H,4-7,9-10,12-16,18-19,21-23,25,27-29,31,33-38,40-41,43-70H2,1-3H3/b11-8-,20-17-,26-24-,32-30-,42-39-. The lowest BCUT2D eigenvalue weighted by Crippen LogP contribution is -2.30. The number of carbonyl (C=O) groups excluding carboxylic acids is 3. The van der Waals surface area contributed by atoms with Crippen LogP contribution in [-0.2, 0) is 28.6 Å². The lowest BCUT2D eigenvalue weighted by molar-refractivity contribution is -0.167. The third-order valence-electron chi connectivity index (χ3n) is 15.8. The second-order valence-corrected chi connectivity index (χ2v) is 23.8. The molecule has 0 heterocycles. The van der Waals surface area contributed by atoms with Crippen LogP contribution in [0.3, 0.4) is 0 Å². The van der Waals surface area contributed by atoms with Crippen molar-refractivity contribution in [2.75, 3.05) is 13.2 Å². The minimum absolute atomic E-state index is 0.0719. The highest BCUT2D eigenvalue weighted by atomic mass is 16.6. The van der Waals surface area contributed by atoms with Crippen molar-refractivity contribution in [2.45, 2.75) is 380 Å². The first-order valence-electron chi connectivity index (χ1n) is 35.3. The molecule has 0 aliphatic carbocycles. The number of hydrogen-bond donors (Lipinski definition) is 0. The van der Waals surface area contributed by atoms with Crippen LogP contribution < -0.4 is 0 Å². The molecule has 466 valence electrons. The van der Waals surface area contributed by atoms with E-state index in [1.165, 1.54) is 238 Å². The summed E-state index contributed by atoms with van der Waals surface area (Å²) in [4.78, 5) is 38.2. The van der Waals surface area contributed by atoms with E-state index < -0.39 is 6.10 Å². The number of unbranched alkanes of at least 4 members (excludes halogenated alkanes) is 44. The van der Waals surface area contributed by atoms with E-state index in [0.29, 0.717) is 19.3 Å². The third kappa shape index (κ3) is 65.9. The summed E-state index contributed by atoms with van der Waals surface area (Å²) in [6.45, 7) is 6.55. The van der Waals surface area contributed by atoms with E-state index in [4.69, 9.17) is 14.2 Å². The topological polar surface area (TPSA) is 78.9 Å². The van der Waals surface area contributed by atoms with Crippen molar-refractivity contribution in [2.24, 2.45) is 0 Å². The first kappa shape index (κ1) is 77.1. The van der Waals surface area contributed by atoms with Crippen LogP contribution in [0.4, 0.5) is 0 Å². The Labute approximate surface area is 498 Å². The molecule has 0 saturated carbocycles. The van der Waals surface area contributed by atoms with Crippen LogP contribution in [0.2, 0.25) is 0 Å². The monoisotopic (exact) mass is 1120 g/mol. The first-order valence-corrected chi connectivity index (χ1v) is 35.3. The largest absolute Gasteiger partial charge is 0.462 e. The summed E-state index contributed by atoms with van der Waals surface area (Å²) in [5.74, 6) is -0.861. The summed E-state index contributed by atoms with van der Waals surface area (Å²) in [6.07, 6.45) is 88.5. The Morgan fingerprint density at radius 1 is 0.263 bits per heavy atom. The summed E-state index contributed by atoms with van der Waals surface area (Å²) < 4.78 is 16.9. The quantitative estimate of drug-likeness (QED) is 0.0261. The van der Waals surface area contributed by atoms with E-state index >= 15 is 0 Å². The molecule has 0 aliphatic rings. The molecule has 1 unspecified atom stereocenters. The molecule has 80 heavy (non-hydrogen) atoms. The maximum Gasteiger partial charge on any atom is 0.306 e. The van der Waals surface area contributed by atoms with Crippen LogP contribution in [0.25, 0.3) is 0 Å². The Morgan fingerprint density at radius 2 is 0.487 bits per heavy atom. The molecule has 0 aromatic rings. The SMILES string of the molecule is CC/C=C\C/C=C\C/C=C\C/C=C\C/C=C\CCCCCCCCCCCC(=O)OC(COC(=O)CCCCCCCCCC)COC(=O)CCCCCCCCCCCCCCCCCCCCCCCCCCCCCCC. The van der Waals surface area contributed by atoms with E-state index in [0.717, 1.165) is 96.3 Å². The minimum atomic E-state index is -0.775. The summed E-state index contributed by atoms with van der Waals surface area (Å²) in [6, 6.07) is 0. The normalized spacial score (nSPS) is 12.4. The van der Waals surface area contributed by atoms with Crippen molar-refractivity contribution in [1.82, 2.24) is 0 Å². The highest BCUT2D eigenvalue weighted by molar-refractivity contribution is 5.71. The lowest BCUT2D eigenvalue weighted by atomic mass is 10.0. The number of carbonyl (C=O) groups is 3. The molecule has 0 aromatic carbocycles. The van der Waals surface area contributed by atoms with Crippen LogP contribution >= 0.6 is 0 Å². The number of allylic oxidation sites excluding steroid dienone is 10. The lowest BCUT2D eigenvalue weighted by Gasteiger charge is -2.18. The molecule has 6 nitrogen and oxygen atoms in total. The fourth-order valence-corrected chi connectivity index (χ4v) is 10.5. The van der Waals surface area contributed by atoms with Gasteiger partial charge in [0.2, 0.25) is 0 Å². The zero-order chi connectivity index (χ0) is 57.8. The van der Waals surface area contributed by atoms with Gasteiger partial charge >= 0.3 is 17.9 Å². The van der Waals surface area contributed by atoms with E-state index in [2.05, 4.69) is 81.5 Å². The van der Waals surface area contributed by atoms with Gasteiger partial charge in [0.1, 0.15) is 13.2 Å². The zero-order valence-electron chi connectivity index (χ0n) is 53.6. The Bertz CT molecular complexity index is 1430. The van der Waals surface area contributed by atoms with Gasteiger partial charge in [-0.2, -0.15) is 0 Å². The molecule has 1 atom stereocenters. The first-order chi connectivity index (χ1) is 39.5. The molecular formula is C74H134O6. The van der Waals surface area contributed by atoms with E-state index in [9.17, 15) is 14.4 Å². The van der Waals surface area contributed by atoms with Gasteiger partial charge < -0.3 is 14.2 Å². The van der Waals surface area contributed by atoms with Gasteiger partial charge in [-0.05, 0) is 64.2 Å². The van der Waals surface area contributed by atoms with Crippen LogP contribution in [0, 0.1) is 0 Å². The summed E-state index contributed by atoms with van der Waals surface area (Å²) in [7, 11) is 0. The van der Waals surface area contributed by atoms with Crippen molar-refractivity contribution >= 4 is 17.9 Å². The van der Waals surface area contributed by atoms with E-state index in [1.54, 1.807) is 0 Å². The van der Waals surface area contributed by atoms with Crippen molar-refractivity contribution in [3.8, 4) is 0 Å². The van der Waals surface area contributed by atoms with Crippen LogP contribution in [-0.4, -0.2) is 37.2 Å². The molecule has 0 spiro atoms. The summed E-state index contributed by atoms with van der Waals surface area (Å²) >= 11 is 0. The Kier molecular flexibility index (Phi) is 66.1. The molecule has 0 radical (unpaired) electrons. The number of rotatable bonds is 65. The van der Waals surface area contributed by atoms with Gasteiger partial charge in [0.15, 0.2) is 6.10 Å². The predicted molar refractivity (Wildman–Crippen MR) is 348 cm³/mol. The molecule has 0 aliphatic heterocycles. The Hall–Kier alpha value is -2.89. The summed E-state index contributed by atoms with van der Waals surface area (Å²) in [5, 5.41) is 0. The molecular weight excluding hydrogens is 985 g/mol. The molecule has 0 aromatic heterocycles. The van der Waals surface area contributed by atoms with Crippen molar-refractivity contribution in [1.29, 1.82) is 0 Å². The predicted octanol–water partition coefficient (Wildman–Crippen LogP) is 24.3. The molecule has 0 N–H and O–H groups in total. The number of esters is 3. The highest BCUT2D eigenvalue weighted by Crippen LogP contribution is 2.18. The van der Waals surface area contributed by atoms with E-state index in [-0.39, 0.29) is 31.1 Å². The minimum Gasteiger partial charge on any atom is -0.462 e. The van der Waals surface area contributed by atoms with Crippen LogP contribution in [0.15, 0.2) is 60.8 Å². The Morgan fingerprint density at radius 3 is 0.762 bits per heavy atom. The Balaban J connectivity index is 4.08. The van der Waals surface area contributed by atoms with Crippen molar-refractivity contribution in [3.63, 3.8) is 0 Å². The molecule has 0 amide bonds. The maximum absolute atomic E-state index is 12.9. The average molecular weight is 1120 g/mol. The van der Waals surface area contributed by atoms with Gasteiger partial charge in [-0.3, -0.25) is 14.4 Å². The van der Waals surface area contributed by atoms with Gasteiger partial charge in [-0.1, -0.05) is 351 Å². The zero-order valence-corrected chi connectivity index (χ0v) is 53.6. The highest BCUT2D eigenvalue weighted by Gasteiger charge is 2.19. The fourth-order valence-electron chi connectivity index (χ4n) is 10.5. The van der Waals surface area contributed by atoms with Crippen LogP contribution in [0.5, 0.6) is 0 Å². The second-order valence-electron chi connectivity index (χ2n) is 23.8. The molecule has 0 rings (SSSR count). The molecule has 6 heteroatoms. The van der Waals surface area contributed by atoms with Crippen molar-refractivity contribution in [3.05, 3.63) is 60.8 Å². The average Bonchev–Trinajstić information content (AvgIpc) is 3.46. The second kappa shape index (κ2) is 68.6. The fraction of sp³-hybridized carbons (Fsp3) is 0.824. The van der Waals surface area contributed by atoms with Crippen molar-refractivity contribution < 1.29 is 28.6 Å². The van der Waals surface area contributed by atoms with E-state index in [1.807, 2.05) is 0 Å². The molecule has 0 bridgehead atoms. The number of hydrogen-bond acceptors (Lipinski definition) is 6. The van der Waals surface area contributed by atoms with Gasteiger partial charge in [0.25, 0.3) is 0 Å². The molecule has 0 saturated heterocycles. The van der Waals surface area contributed by atoms with Gasteiger partial charge in [-0.25, -0.2) is 0 Å². The number of ether oxygens (including phenoxy) is 3. The van der Waals surface area contributed by atoms with Gasteiger partial charge in [-0.15, -0.1) is 0 Å². The third-order valence-corrected chi connectivity index (χ3v) is 15.8. The smallest absolute Gasteiger partial charge is 0.306 e. The maximum atomic E-state index is 12.9. The van der Waals surface area contributed by atoms with Gasteiger partial charge in [0, 0.05) is 19.3 Å². The summed E-state index contributed by atoms with van der Waals surface area (Å²) in [5.41, 5.74) is 0. The van der Waals surface area contributed by atoms with Crippen LogP contribution in [0.1, 0.15) is 374 Å².